The summed E-state index contributed by atoms with van der Waals surface area (Å²) in [7, 11) is 2.40. The van der Waals surface area contributed by atoms with Gasteiger partial charge in [0.1, 0.15) is 17.7 Å². The molecule has 0 heterocycles. The molecule has 3 aromatic carbocycles. The number of benzene rings is 3. The zero-order valence-electron chi connectivity index (χ0n) is 21.3. The van der Waals surface area contributed by atoms with Gasteiger partial charge in [0.2, 0.25) is 0 Å². The molecule has 1 atom stereocenters. The highest BCUT2D eigenvalue weighted by Crippen LogP contribution is 2.29. The van der Waals surface area contributed by atoms with Crippen LogP contribution in [0.2, 0.25) is 0 Å². The maximum atomic E-state index is 14.1. The Balaban J connectivity index is 1.55. The Morgan fingerprint density at radius 2 is 1.67 bits per heavy atom. The summed E-state index contributed by atoms with van der Waals surface area (Å²) in [6, 6.07) is 11.9. The summed E-state index contributed by atoms with van der Waals surface area (Å²) >= 11 is 0. The summed E-state index contributed by atoms with van der Waals surface area (Å²) in [4.78, 5) is 50.1. The number of fused-ring (bicyclic) bond motifs is 2. The first kappa shape index (κ1) is 27.4. The second kappa shape index (κ2) is 11.8. The molecular weight excluding hydrogens is 510 g/mol. The van der Waals surface area contributed by atoms with E-state index < -0.39 is 35.5 Å². The predicted octanol–water partition coefficient (Wildman–Crippen LogP) is 4.26. The lowest BCUT2D eigenvalue weighted by molar-refractivity contribution is -0.144. The SMILES string of the molecule is COC(=O)CC[C@H](NC(=O)c1ccc2c(c1)C(=O)c1ccc(Nc3ccc(F)cc3F)cc1CC2)C(=O)OC. The first-order chi connectivity index (χ1) is 18.7. The van der Waals surface area contributed by atoms with E-state index in [1.807, 2.05) is 0 Å². The molecule has 0 spiro atoms. The van der Waals surface area contributed by atoms with Crippen molar-refractivity contribution in [1.29, 1.82) is 0 Å². The molecule has 8 nitrogen and oxygen atoms in total. The lowest BCUT2D eigenvalue weighted by Crippen LogP contribution is -2.42. The second-order valence-electron chi connectivity index (χ2n) is 8.99. The fourth-order valence-electron chi connectivity index (χ4n) is 4.40. The van der Waals surface area contributed by atoms with Crippen molar-refractivity contribution >= 4 is 35.0 Å². The number of anilines is 2. The summed E-state index contributed by atoms with van der Waals surface area (Å²) < 4.78 is 36.6. The third-order valence-corrected chi connectivity index (χ3v) is 6.50. The van der Waals surface area contributed by atoms with Crippen molar-refractivity contribution in [3.8, 4) is 0 Å². The quantitative estimate of drug-likeness (QED) is 0.414. The maximum absolute atomic E-state index is 14.1. The monoisotopic (exact) mass is 536 g/mol. The zero-order chi connectivity index (χ0) is 28.1. The average molecular weight is 537 g/mol. The Kier molecular flexibility index (Phi) is 8.33. The van der Waals surface area contributed by atoms with Gasteiger partial charge in [-0.05, 0) is 72.9 Å². The number of carbonyl (C=O) groups is 4. The number of amides is 1. The molecule has 0 bridgehead atoms. The molecule has 202 valence electrons. The third kappa shape index (κ3) is 6.28. The molecule has 4 rings (SSSR count). The predicted molar refractivity (Wildman–Crippen MR) is 138 cm³/mol. The summed E-state index contributed by atoms with van der Waals surface area (Å²) in [6.07, 6.45) is 0.939. The number of hydrogen-bond acceptors (Lipinski definition) is 7. The summed E-state index contributed by atoms with van der Waals surface area (Å²) in [5.41, 5.74) is 3.11. The normalized spacial score (nSPS) is 12.9. The number of methoxy groups -OCH3 is 2. The fourth-order valence-corrected chi connectivity index (χ4v) is 4.40. The van der Waals surface area contributed by atoms with Gasteiger partial charge in [-0.2, -0.15) is 0 Å². The number of halogens is 2. The third-order valence-electron chi connectivity index (χ3n) is 6.50. The number of hydrogen-bond donors (Lipinski definition) is 2. The average Bonchev–Trinajstić information content (AvgIpc) is 3.07. The van der Waals surface area contributed by atoms with Crippen LogP contribution in [0.5, 0.6) is 0 Å². The van der Waals surface area contributed by atoms with E-state index in [2.05, 4.69) is 15.4 Å². The Bertz CT molecular complexity index is 1460. The Labute approximate surface area is 223 Å². The molecule has 10 heteroatoms. The molecule has 1 amide bonds. The van der Waals surface area contributed by atoms with Crippen LogP contribution < -0.4 is 10.6 Å². The van der Waals surface area contributed by atoms with E-state index in [0.29, 0.717) is 29.7 Å². The molecule has 0 saturated heterocycles. The van der Waals surface area contributed by atoms with Gasteiger partial charge in [0, 0.05) is 34.9 Å². The Morgan fingerprint density at radius 1 is 0.897 bits per heavy atom. The van der Waals surface area contributed by atoms with E-state index in [0.717, 1.165) is 23.3 Å². The molecule has 0 fully saturated rings. The standard InChI is InChI=1S/C29H26F2N2O6/c1-38-26(34)12-11-25(29(37)39-2)33-28(36)18-6-4-16-3-5-17-13-20(8-9-21(17)27(35)22(16)14-18)32-24-10-7-19(30)15-23(24)31/h4,6-10,13-15,25,32H,3,5,11-12H2,1-2H3,(H,33,36)/t25-/m0/s1. The van der Waals surface area contributed by atoms with Crippen molar-refractivity contribution in [3.63, 3.8) is 0 Å². The van der Waals surface area contributed by atoms with Gasteiger partial charge in [-0.1, -0.05) is 6.07 Å². The van der Waals surface area contributed by atoms with Gasteiger partial charge in [-0.15, -0.1) is 0 Å². The van der Waals surface area contributed by atoms with Crippen LogP contribution >= 0.6 is 0 Å². The number of ketones is 1. The molecule has 0 unspecified atom stereocenters. The summed E-state index contributed by atoms with van der Waals surface area (Å²) in [5.74, 6) is -3.54. The highest BCUT2D eigenvalue weighted by molar-refractivity contribution is 6.12. The van der Waals surface area contributed by atoms with Crippen LogP contribution in [0.1, 0.15) is 50.2 Å². The smallest absolute Gasteiger partial charge is 0.328 e. The van der Waals surface area contributed by atoms with Crippen molar-refractivity contribution in [3.05, 3.63) is 94.0 Å². The molecule has 3 aromatic rings. The summed E-state index contributed by atoms with van der Waals surface area (Å²) in [5, 5.41) is 5.47. The van der Waals surface area contributed by atoms with Crippen LogP contribution in [0, 0.1) is 11.6 Å². The van der Waals surface area contributed by atoms with E-state index in [9.17, 15) is 28.0 Å². The van der Waals surface area contributed by atoms with Gasteiger partial charge < -0.3 is 20.1 Å². The van der Waals surface area contributed by atoms with Crippen molar-refractivity contribution in [2.24, 2.45) is 0 Å². The lowest BCUT2D eigenvalue weighted by atomic mass is 9.96. The van der Waals surface area contributed by atoms with Crippen molar-refractivity contribution in [2.75, 3.05) is 19.5 Å². The van der Waals surface area contributed by atoms with E-state index in [1.165, 1.54) is 26.4 Å². The molecule has 1 aliphatic rings. The Hall–Kier alpha value is -4.60. The van der Waals surface area contributed by atoms with Crippen molar-refractivity contribution < 1.29 is 37.4 Å². The number of nitrogens with one attached hydrogen (secondary N) is 2. The topological polar surface area (TPSA) is 111 Å². The molecule has 0 aliphatic heterocycles. The second-order valence-corrected chi connectivity index (χ2v) is 8.99. The first-order valence-corrected chi connectivity index (χ1v) is 12.2. The minimum atomic E-state index is -1.08. The maximum Gasteiger partial charge on any atom is 0.328 e. The largest absolute Gasteiger partial charge is 0.469 e. The van der Waals surface area contributed by atoms with Crippen LogP contribution in [0.4, 0.5) is 20.2 Å². The molecule has 0 saturated carbocycles. The van der Waals surface area contributed by atoms with Crippen LogP contribution in [0.25, 0.3) is 0 Å². The van der Waals surface area contributed by atoms with Gasteiger partial charge in [0.15, 0.2) is 5.78 Å². The summed E-state index contributed by atoms with van der Waals surface area (Å²) in [6.45, 7) is 0. The molecule has 39 heavy (non-hydrogen) atoms. The van der Waals surface area contributed by atoms with Gasteiger partial charge in [-0.3, -0.25) is 14.4 Å². The van der Waals surface area contributed by atoms with Gasteiger partial charge in [-0.25, -0.2) is 13.6 Å². The van der Waals surface area contributed by atoms with Crippen LogP contribution in [0.15, 0.2) is 54.6 Å². The van der Waals surface area contributed by atoms with Crippen LogP contribution in [0.3, 0.4) is 0 Å². The number of esters is 2. The highest BCUT2D eigenvalue weighted by Gasteiger charge is 2.26. The van der Waals surface area contributed by atoms with E-state index in [4.69, 9.17) is 4.74 Å². The number of rotatable bonds is 8. The number of ether oxygens (including phenoxy) is 2. The number of aryl methyl sites for hydroxylation is 2. The molecule has 2 N–H and O–H groups in total. The zero-order valence-corrected chi connectivity index (χ0v) is 21.3. The minimum absolute atomic E-state index is 0.0134. The first-order valence-electron chi connectivity index (χ1n) is 12.2. The molecule has 1 aliphatic carbocycles. The Morgan fingerprint density at radius 3 is 2.38 bits per heavy atom. The van der Waals surface area contributed by atoms with Crippen LogP contribution in [-0.2, 0) is 31.9 Å². The van der Waals surface area contributed by atoms with Gasteiger partial charge in [0.05, 0.1) is 19.9 Å². The van der Waals surface area contributed by atoms with Crippen LogP contribution in [-0.4, -0.2) is 43.9 Å². The lowest BCUT2D eigenvalue weighted by Gasteiger charge is -2.16. The van der Waals surface area contributed by atoms with E-state index >= 15 is 0 Å². The van der Waals surface area contributed by atoms with Gasteiger partial charge in [0.25, 0.3) is 5.91 Å². The van der Waals surface area contributed by atoms with Crippen molar-refractivity contribution in [2.45, 2.75) is 31.7 Å². The fraction of sp³-hybridized carbons (Fsp3) is 0.241. The molecule has 0 radical (unpaired) electrons. The molecular formula is C29H26F2N2O6. The number of carbonyl (C=O) groups excluding carboxylic acids is 4. The highest BCUT2D eigenvalue weighted by atomic mass is 19.1. The van der Waals surface area contributed by atoms with Crippen molar-refractivity contribution in [1.82, 2.24) is 5.32 Å². The van der Waals surface area contributed by atoms with E-state index in [1.54, 1.807) is 30.3 Å². The van der Waals surface area contributed by atoms with E-state index in [-0.39, 0.29) is 29.9 Å². The van der Waals surface area contributed by atoms with Gasteiger partial charge >= 0.3 is 11.9 Å². The molecule has 0 aromatic heterocycles. The minimum Gasteiger partial charge on any atom is -0.469 e.